The van der Waals surface area contributed by atoms with Crippen LogP contribution in [0, 0.1) is 6.92 Å². The first kappa shape index (κ1) is 21.1. The Morgan fingerprint density at radius 3 is 2.48 bits per heavy atom. The molecule has 0 aliphatic carbocycles. The van der Waals surface area contributed by atoms with Gasteiger partial charge in [-0.25, -0.2) is 4.98 Å². The van der Waals surface area contributed by atoms with Crippen LogP contribution in [0.15, 0.2) is 65.3 Å². The number of aryl methyl sites for hydroxylation is 2. The lowest BCUT2D eigenvalue weighted by molar-refractivity contribution is -0.739. The topological polar surface area (TPSA) is 97.9 Å². The lowest BCUT2D eigenvalue weighted by Crippen LogP contribution is -2.28. The first-order valence-electron chi connectivity index (χ1n) is 10.1. The van der Waals surface area contributed by atoms with Gasteiger partial charge in [-0.15, -0.1) is 11.3 Å². The lowest BCUT2D eigenvalue weighted by atomic mass is 9.99. The Kier molecular flexibility index (Phi) is 5.32. The van der Waals surface area contributed by atoms with Gasteiger partial charge in [-0.1, -0.05) is 58.2 Å². The Morgan fingerprint density at radius 1 is 1.12 bits per heavy atom. The molecule has 7 nitrogen and oxygen atoms in total. The zero-order valence-corrected chi connectivity index (χ0v) is 19.4. The normalized spacial score (nSPS) is 11.1. The molecule has 3 heterocycles. The number of nitrogens with one attached hydrogen (secondary N) is 1. The molecule has 164 valence electrons. The zero-order valence-electron chi connectivity index (χ0n) is 17.8. The average Bonchev–Trinajstić information content (AvgIpc) is 3.36. The summed E-state index contributed by atoms with van der Waals surface area (Å²) in [7, 11) is 1.70. The predicted molar refractivity (Wildman–Crippen MR) is 130 cm³/mol. The monoisotopic (exact) mass is 476 g/mol. The largest absolute Gasteiger partial charge is 0.397 e. The van der Waals surface area contributed by atoms with E-state index in [4.69, 9.17) is 26.8 Å². The number of carbonyl (C=O) groups excluding carboxylic acids is 1. The number of hydrogen-bond donors (Lipinski definition) is 2. The second kappa shape index (κ2) is 8.31. The molecule has 0 aliphatic heterocycles. The molecule has 5 rings (SSSR count). The van der Waals surface area contributed by atoms with Gasteiger partial charge in [0.1, 0.15) is 9.71 Å². The molecule has 3 aromatic heterocycles. The fourth-order valence-electron chi connectivity index (χ4n) is 3.57. The van der Waals surface area contributed by atoms with Crippen LogP contribution in [0.2, 0.25) is 5.02 Å². The van der Waals surface area contributed by atoms with E-state index in [0.29, 0.717) is 20.4 Å². The van der Waals surface area contributed by atoms with Gasteiger partial charge in [0, 0.05) is 16.0 Å². The molecule has 9 heteroatoms. The number of amides is 1. The number of hydrogen-bond acceptors (Lipinski definition) is 6. The Bertz CT molecular complexity index is 1490. The number of carbonyl (C=O) groups is 1. The van der Waals surface area contributed by atoms with E-state index < -0.39 is 0 Å². The number of halogens is 1. The van der Waals surface area contributed by atoms with Crippen LogP contribution < -0.4 is 15.7 Å². The van der Waals surface area contributed by atoms with Crippen molar-refractivity contribution in [2.75, 3.05) is 11.1 Å². The van der Waals surface area contributed by atoms with E-state index in [1.807, 2.05) is 61.5 Å². The van der Waals surface area contributed by atoms with Crippen LogP contribution in [0.3, 0.4) is 0 Å². The molecule has 0 atom stereocenters. The molecule has 0 bridgehead atoms. The summed E-state index contributed by atoms with van der Waals surface area (Å²) in [6, 6.07) is 17.7. The van der Waals surface area contributed by atoms with Crippen molar-refractivity contribution in [1.82, 2.24) is 10.3 Å². The quantitative estimate of drug-likeness (QED) is 0.346. The number of fused-ring (bicyclic) bond motifs is 1. The predicted octanol–water partition coefficient (Wildman–Crippen LogP) is 5.24. The highest BCUT2D eigenvalue weighted by Gasteiger charge is 2.23. The molecule has 3 N–H and O–H groups in total. The molecule has 0 unspecified atom stereocenters. The van der Waals surface area contributed by atoms with E-state index in [0.717, 1.165) is 33.3 Å². The number of pyridine rings is 1. The van der Waals surface area contributed by atoms with Crippen LogP contribution >= 0.6 is 22.9 Å². The fourth-order valence-corrected chi connectivity index (χ4v) is 4.71. The SMILES string of the molecule is Cc1ccc(-c2cc(-c3ccc(Cl)cc3)nc3sc(C(=O)Nc4c[n+](C)no4)c(N)c23)cc1. The molecule has 0 saturated heterocycles. The number of nitrogens with zero attached hydrogens (tertiary/aromatic N) is 3. The summed E-state index contributed by atoms with van der Waals surface area (Å²) in [5.41, 5.74) is 11.6. The van der Waals surface area contributed by atoms with Gasteiger partial charge in [0.05, 0.1) is 11.4 Å². The van der Waals surface area contributed by atoms with Crippen LogP contribution in [0.1, 0.15) is 15.2 Å². The van der Waals surface area contributed by atoms with E-state index in [2.05, 4.69) is 10.6 Å². The molecule has 5 aromatic rings. The van der Waals surface area contributed by atoms with Gasteiger partial charge in [0.2, 0.25) is 0 Å². The molecular weight excluding hydrogens is 458 g/mol. The van der Waals surface area contributed by atoms with Crippen molar-refractivity contribution in [3.63, 3.8) is 0 Å². The Hall–Kier alpha value is -3.75. The van der Waals surface area contributed by atoms with Gasteiger partial charge >= 0.3 is 5.88 Å². The first-order chi connectivity index (χ1) is 15.9. The molecule has 0 spiro atoms. The van der Waals surface area contributed by atoms with Gasteiger partial charge in [0.15, 0.2) is 12.3 Å². The number of benzene rings is 2. The smallest absolute Gasteiger partial charge is 0.302 e. The number of anilines is 2. The molecule has 1 amide bonds. The van der Waals surface area contributed by atoms with Crippen molar-refractivity contribution in [2.45, 2.75) is 6.92 Å². The maximum atomic E-state index is 13.0. The van der Waals surface area contributed by atoms with Gasteiger partial charge in [0.25, 0.3) is 12.1 Å². The van der Waals surface area contributed by atoms with E-state index >= 15 is 0 Å². The van der Waals surface area contributed by atoms with Gasteiger partial charge in [-0.3, -0.25) is 14.6 Å². The highest BCUT2D eigenvalue weighted by atomic mass is 35.5. The van der Waals surface area contributed by atoms with Crippen molar-refractivity contribution in [1.29, 1.82) is 0 Å². The van der Waals surface area contributed by atoms with Crippen LogP contribution in [-0.2, 0) is 7.05 Å². The van der Waals surface area contributed by atoms with Crippen molar-refractivity contribution in [3.05, 3.63) is 76.3 Å². The summed E-state index contributed by atoms with van der Waals surface area (Å²) in [5, 5.41) is 7.81. The van der Waals surface area contributed by atoms with Crippen molar-refractivity contribution >= 4 is 50.6 Å². The summed E-state index contributed by atoms with van der Waals surface area (Å²) in [6.07, 6.45) is 1.57. The van der Waals surface area contributed by atoms with E-state index in [1.165, 1.54) is 16.0 Å². The van der Waals surface area contributed by atoms with Crippen LogP contribution in [0.4, 0.5) is 11.6 Å². The number of nitrogens with two attached hydrogens (primary N) is 1. The lowest BCUT2D eigenvalue weighted by Gasteiger charge is -2.09. The first-order valence-corrected chi connectivity index (χ1v) is 11.3. The summed E-state index contributed by atoms with van der Waals surface area (Å²) < 4.78 is 6.54. The van der Waals surface area contributed by atoms with E-state index in [9.17, 15) is 4.79 Å². The summed E-state index contributed by atoms with van der Waals surface area (Å²) in [6.45, 7) is 2.04. The molecule has 0 aliphatic rings. The minimum atomic E-state index is -0.379. The summed E-state index contributed by atoms with van der Waals surface area (Å²) in [4.78, 5) is 18.8. The van der Waals surface area contributed by atoms with E-state index in [1.54, 1.807) is 13.2 Å². The van der Waals surface area contributed by atoms with Crippen LogP contribution in [0.5, 0.6) is 0 Å². The maximum Gasteiger partial charge on any atom is 0.302 e. The van der Waals surface area contributed by atoms with Gasteiger partial charge < -0.3 is 5.73 Å². The molecular formula is C24H19ClN5O2S+. The number of nitrogen functional groups attached to an aromatic ring is 1. The summed E-state index contributed by atoms with van der Waals surface area (Å²) >= 11 is 7.31. The second-order valence-corrected chi connectivity index (χ2v) is 9.08. The van der Waals surface area contributed by atoms with Crippen molar-refractivity contribution in [3.8, 4) is 22.4 Å². The maximum absolute atomic E-state index is 13.0. The third-order valence-electron chi connectivity index (χ3n) is 5.22. The molecule has 0 fully saturated rings. The van der Waals surface area contributed by atoms with Crippen molar-refractivity contribution < 1.29 is 14.0 Å². The Labute approximate surface area is 198 Å². The minimum Gasteiger partial charge on any atom is -0.397 e. The number of aromatic nitrogens is 3. The highest BCUT2D eigenvalue weighted by Crippen LogP contribution is 2.41. The van der Waals surface area contributed by atoms with E-state index in [-0.39, 0.29) is 11.8 Å². The summed E-state index contributed by atoms with van der Waals surface area (Å²) in [5.74, 6) is -0.150. The third-order valence-corrected chi connectivity index (χ3v) is 6.57. The zero-order chi connectivity index (χ0) is 23.1. The van der Waals surface area contributed by atoms with Gasteiger partial charge in [-0.05, 0) is 36.2 Å². The number of rotatable bonds is 4. The minimum absolute atomic E-state index is 0.230. The second-order valence-electron chi connectivity index (χ2n) is 7.65. The third kappa shape index (κ3) is 4.06. The van der Waals surface area contributed by atoms with Crippen LogP contribution in [0.25, 0.3) is 32.6 Å². The highest BCUT2D eigenvalue weighted by molar-refractivity contribution is 7.21. The molecule has 0 saturated carbocycles. The Morgan fingerprint density at radius 2 is 1.82 bits per heavy atom. The van der Waals surface area contributed by atoms with Gasteiger partial charge in [-0.2, -0.15) is 0 Å². The molecule has 2 aromatic carbocycles. The number of thiophene rings is 1. The van der Waals surface area contributed by atoms with Crippen molar-refractivity contribution in [2.24, 2.45) is 7.05 Å². The fraction of sp³-hybridized carbons (Fsp3) is 0.0833. The Balaban J connectivity index is 1.68. The molecule has 0 radical (unpaired) electrons. The average molecular weight is 477 g/mol. The van der Waals surface area contributed by atoms with Crippen LogP contribution in [-0.4, -0.2) is 16.2 Å². The standard InChI is InChI=1S/C24H18ClN5O2S/c1-13-3-5-14(6-4-13)17-11-18(15-7-9-16(25)10-8-15)27-24-20(17)21(26)22(33-24)23(31)28-19-12-30(2)29-32-19/h3-12H,1-2H3,(H2-,26,28,29,31)/p+1. The molecule has 33 heavy (non-hydrogen) atoms.